The zero-order chi connectivity index (χ0) is 0. The molecule has 0 heterocycles. The maximum absolute atomic E-state index is 0. The Bertz CT molecular complexity index is 6.85. The first kappa shape index (κ1) is 197. The van der Waals surface area contributed by atoms with Crippen molar-refractivity contribution in [2.24, 2.45) is 0 Å². The summed E-state index contributed by atoms with van der Waals surface area (Å²) in [6, 6.07) is 0. The Hall–Kier alpha value is 0.830. The van der Waals surface area contributed by atoms with E-state index in [-0.39, 0.29) is 50.8 Å². The van der Waals surface area contributed by atoms with Crippen LogP contribution in [0.2, 0.25) is 0 Å². The predicted molar refractivity (Wildman–Crippen MR) is 33.5 cm³/mol. The van der Waals surface area contributed by atoms with E-state index in [1.165, 1.54) is 0 Å². The van der Waals surface area contributed by atoms with Gasteiger partial charge < -0.3 is 6.15 Å². The Morgan fingerprint density at radius 3 is 0.600 bits per heavy atom. The molecule has 0 bridgehead atoms. The lowest BCUT2D eigenvalue weighted by Gasteiger charge is -0.344. The minimum absolute atomic E-state index is 0. The summed E-state index contributed by atoms with van der Waals surface area (Å²) < 4.78 is 0. The van der Waals surface area contributed by atoms with E-state index in [0.717, 1.165) is 0 Å². The molecule has 0 atom stereocenters. The standard InChI is InChI=1S/CH4.3ClH.H3N/h1H4;3*1H;1H3. The van der Waals surface area contributed by atoms with Crippen LogP contribution >= 0.6 is 37.2 Å². The van der Waals surface area contributed by atoms with E-state index in [0.29, 0.717) is 0 Å². The molecule has 0 amide bonds. The van der Waals surface area contributed by atoms with Gasteiger partial charge >= 0.3 is 0 Å². The minimum Gasteiger partial charge on any atom is -0.344 e. The van der Waals surface area contributed by atoms with Crippen LogP contribution in [0.1, 0.15) is 7.43 Å². The van der Waals surface area contributed by atoms with Gasteiger partial charge in [0.15, 0.2) is 0 Å². The van der Waals surface area contributed by atoms with Crippen molar-refractivity contribution in [1.29, 1.82) is 0 Å². The molecule has 0 spiro atoms. The average Bonchev–Trinajstić information content (AvgIpc) is 0. The molecule has 0 aliphatic rings. The third-order valence-electron chi connectivity index (χ3n) is 0. The fourth-order valence-corrected chi connectivity index (χ4v) is 0. The highest BCUT2D eigenvalue weighted by molar-refractivity contribution is 5.86. The summed E-state index contributed by atoms with van der Waals surface area (Å²) in [5.74, 6) is 0. The quantitative estimate of drug-likeness (QED) is 0.552. The molecule has 0 aliphatic heterocycles. The van der Waals surface area contributed by atoms with Crippen LogP contribution < -0.4 is 6.15 Å². The second-order valence-electron chi connectivity index (χ2n) is 0. The molecular formula is CH10Cl3N. The fourth-order valence-electron chi connectivity index (χ4n) is 0. The van der Waals surface area contributed by atoms with Gasteiger partial charge in [-0.2, -0.15) is 0 Å². The van der Waals surface area contributed by atoms with Crippen molar-refractivity contribution >= 4 is 37.2 Å². The van der Waals surface area contributed by atoms with Gasteiger partial charge in [-0.15, -0.1) is 37.2 Å². The van der Waals surface area contributed by atoms with E-state index in [2.05, 4.69) is 0 Å². The Balaban J connectivity index is 0. The molecule has 0 aromatic rings. The summed E-state index contributed by atoms with van der Waals surface area (Å²) in [5.41, 5.74) is 0. The van der Waals surface area contributed by atoms with Crippen LogP contribution in [0.15, 0.2) is 0 Å². The number of rotatable bonds is 0. The van der Waals surface area contributed by atoms with E-state index in [1.807, 2.05) is 0 Å². The molecular weight excluding hydrogens is 132 g/mol. The molecule has 0 saturated carbocycles. The van der Waals surface area contributed by atoms with E-state index < -0.39 is 0 Å². The van der Waals surface area contributed by atoms with Gasteiger partial charge in [-0.3, -0.25) is 0 Å². The Morgan fingerprint density at radius 2 is 0.600 bits per heavy atom. The molecule has 0 aliphatic carbocycles. The molecule has 4 heteroatoms. The van der Waals surface area contributed by atoms with Crippen LogP contribution in [0.4, 0.5) is 0 Å². The van der Waals surface area contributed by atoms with Crippen molar-refractivity contribution in [3.05, 3.63) is 0 Å². The van der Waals surface area contributed by atoms with Gasteiger partial charge in [0.05, 0.1) is 0 Å². The molecule has 0 aromatic carbocycles. The van der Waals surface area contributed by atoms with Crippen LogP contribution in [0, 0.1) is 0 Å². The summed E-state index contributed by atoms with van der Waals surface area (Å²) in [5, 5.41) is 0. The van der Waals surface area contributed by atoms with Crippen LogP contribution in [0.5, 0.6) is 0 Å². The van der Waals surface area contributed by atoms with Crippen LogP contribution in [0.25, 0.3) is 0 Å². The van der Waals surface area contributed by atoms with Crippen molar-refractivity contribution in [3.8, 4) is 0 Å². The minimum atomic E-state index is 0. The first-order chi connectivity index (χ1) is 0. The normalized spacial score (nSPS) is 0. The monoisotopic (exact) mass is 141 g/mol. The highest BCUT2D eigenvalue weighted by Crippen LogP contribution is 0.692. The van der Waals surface area contributed by atoms with Crippen molar-refractivity contribution in [2.45, 2.75) is 7.43 Å². The third kappa shape index (κ3) is 56.2. The number of hydrogen-bond acceptors (Lipinski definition) is 1. The molecule has 0 unspecified atom stereocenters. The lowest BCUT2D eigenvalue weighted by molar-refractivity contribution is 2.13. The van der Waals surface area contributed by atoms with Gasteiger partial charge in [-0.25, -0.2) is 0 Å². The first-order valence-corrected chi connectivity index (χ1v) is 0. The first-order valence-electron chi connectivity index (χ1n) is 0. The van der Waals surface area contributed by atoms with Gasteiger partial charge in [0.1, 0.15) is 0 Å². The second kappa shape index (κ2) is 103. The van der Waals surface area contributed by atoms with Gasteiger partial charge in [-0.05, 0) is 0 Å². The third-order valence-corrected chi connectivity index (χ3v) is 0. The molecule has 0 saturated heterocycles. The summed E-state index contributed by atoms with van der Waals surface area (Å²) >= 11 is 0. The molecule has 3 N–H and O–H groups in total. The van der Waals surface area contributed by atoms with E-state index in [4.69, 9.17) is 0 Å². The largest absolute Gasteiger partial charge is 0.344 e. The molecule has 1 nitrogen and oxygen atoms in total. The zero-order valence-corrected chi connectivity index (χ0v) is 4.38. The molecule has 5 heavy (non-hydrogen) atoms. The maximum atomic E-state index is 0. The molecule has 0 rings (SSSR count). The zero-order valence-electron chi connectivity index (χ0n) is 1.93. The molecule has 0 radical (unpaired) electrons. The molecule has 0 aromatic heterocycles. The molecule has 0 fully saturated rings. The van der Waals surface area contributed by atoms with Gasteiger partial charge in [0.25, 0.3) is 0 Å². The van der Waals surface area contributed by atoms with Gasteiger partial charge in [0.2, 0.25) is 0 Å². The van der Waals surface area contributed by atoms with Gasteiger partial charge in [0, 0.05) is 0 Å². The number of hydrogen-bond donors (Lipinski definition) is 1. The predicted octanol–water partition coefficient (Wildman–Crippen LogP) is 2.06. The summed E-state index contributed by atoms with van der Waals surface area (Å²) in [4.78, 5) is 0. The maximum Gasteiger partial charge on any atom is -0.0776 e. The summed E-state index contributed by atoms with van der Waals surface area (Å²) in [7, 11) is 0. The van der Waals surface area contributed by atoms with Gasteiger partial charge in [-0.1, -0.05) is 7.43 Å². The molecule has 40 valence electrons. The number of halogens is 3. The lowest BCUT2D eigenvalue weighted by atomic mass is 12.0. The smallest absolute Gasteiger partial charge is 0.0776 e. The van der Waals surface area contributed by atoms with Crippen molar-refractivity contribution in [3.63, 3.8) is 0 Å². The Labute approximate surface area is 51.3 Å². The highest BCUT2D eigenvalue weighted by atomic mass is 35.5. The fraction of sp³-hybridized carbons (Fsp3) is 1.00. The summed E-state index contributed by atoms with van der Waals surface area (Å²) in [6.07, 6.45) is 0. The average molecular weight is 142 g/mol. The van der Waals surface area contributed by atoms with E-state index >= 15 is 0 Å². The highest BCUT2D eigenvalue weighted by Gasteiger charge is -0.0775. The lowest BCUT2D eigenvalue weighted by Crippen LogP contribution is -0.481. The van der Waals surface area contributed by atoms with Crippen molar-refractivity contribution in [1.82, 2.24) is 6.15 Å². The van der Waals surface area contributed by atoms with Crippen molar-refractivity contribution in [2.75, 3.05) is 0 Å². The van der Waals surface area contributed by atoms with Crippen LogP contribution in [-0.2, 0) is 0 Å². The summed E-state index contributed by atoms with van der Waals surface area (Å²) in [6.45, 7) is 0. The van der Waals surface area contributed by atoms with Crippen molar-refractivity contribution < 1.29 is 0 Å². The Kier molecular flexibility index (Phi) is 4060. The van der Waals surface area contributed by atoms with Crippen LogP contribution in [0.3, 0.4) is 0 Å². The SMILES string of the molecule is C.Cl.Cl.Cl.N. The van der Waals surface area contributed by atoms with E-state index in [9.17, 15) is 0 Å². The second-order valence-corrected chi connectivity index (χ2v) is 0. The topological polar surface area (TPSA) is 35.0 Å². The Morgan fingerprint density at radius 1 is 0.600 bits per heavy atom. The van der Waals surface area contributed by atoms with Crippen LogP contribution in [-0.4, -0.2) is 0 Å². The van der Waals surface area contributed by atoms with E-state index in [1.54, 1.807) is 0 Å².